The number of carbonyl (C=O) groups excluding carboxylic acids is 1. The third-order valence-electron chi connectivity index (χ3n) is 5.39. The number of hydrogen-bond acceptors (Lipinski definition) is 2. The van der Waals surface area contributed by atoms with Crippen molar-refractivity contribution >= 4 is 17.5 Å². The molecule has 0 fully saturated rings. The third kappa shape index (κ3) is 10.2. The minimum absolute atomic E-state index is 0.0180. The van der Waals surface area contributed by atoms with Crippen LogP contribution in [0.1, 0.15) is 76.3 Å². The van der Waals surface area contributed by atoms with E-state index in [1.807, 2.05) is 36.5 Å². The maximum Gasteiger partial charge on any atom is 0.224 e. The second-order valence-electron chi connectivity index (χ2n) is 8.08. The van der Waals surface area contributed by atoms with Gasteiger partial charge in [0, 0.05) is 18.2 Å². The Kier molecular flexibility index (Phi) is 12.1. The number of pyridine rings is 1. The maximum absolute atomic E-state index is 12.3. The molecule has 0 bridgehead atoms. The molecule has 170 valence electrons. The summed E-state index contributed by atoms with van der Waals surface area (Å²) in [6, 6.07) is 9.63. The van der Waals surface area contributed by atoms with Crippen molar-refractivity contribution in [2.75, 3.05) is 6.61 Å². The molecule has 0 aliphatic rings. The van der Waals surface area contributed by atoms with E-state index in [2.05, 4.69) is 29.9 Å². The van der Waals surface area contributed by atoms with Gasteiger partial charge in [0.2, 0.25) is 5.91 Å². The highest BCUT2D eigenvalue weighted by molar-refractivity contribution is 6.32. The molecule has 0 saturated carbocycles. The second kappa shape index (κ2) is 14.9. The summed E-state index contributed by atoms with van der Waals surface area (Å²) >= 11 is 6.37. The summed E-state index contributed by atoms with van der Waals surface area (Å²) in [5.41, 5.74) is 1.97. The van der Waals surface area contributed by atoms with Crippen molar-refractivity contribution in [3.05, 3.63) is 58.9 Å². The fourth-order valence-corrected chi connectivity index (χ4v) is 3.77. The van der Waals surface area contributed by atoms with Gasteiger partial charge in [0.25, 0.3) is 0 Å². The molecule has 0 unspecified atom stereocenters. The van der Waals surface area contributed by atoms with E-state index in [-0.39, 0.29) is 5.91 Å². The molecule has 31 heavy (non-hydrogen) atoms. The number of nitrogens with one attached hydrogen (secondary N) is 1. The standard InChI is InChI=1S/C26H37ClN2O2/c1-3-5-6-7-8-9-10-11-17-31-25-15-14-22(18-24(25)27)19-26(30)28-20-23-13-12-16-29(4-2)21-23/h12-16,18,21H,3-11,17,19-20H2,1-2H3/p+1. The van der Waals surface area contributed by atoms with Crippen LogP contribution >= 0.6 is 11.6 Å². The number of rotatable bonds is 15. The zero-order valence-electron chi connectivity index (χ0n) is 19.2. The van der Waals surface area contributed by atoms with Crippen molar-refractivity contribution in [1.82, 2.24) is 5.32 Å². The molecule has 4 nitrogen and oxygen atoms in total. The lowest BCUT2D eigenvalue weighted by molar-refractivity contribution is -0.694. The van der Waals surface area contributed by atoms with Crippen LogP contribution in [0.5, 0.6) is 5.75 Å². The Balaban J connectivity index is 1.67. The van der Waals surface area contributed by atoms with Crippen molar-refractivity contribution < 1.29 is 14.1 Å². The number of hydrogen-bond donors (Lipinski definition) is 1. The van der Waals surface area contributed by atoms with E-state index in [1.165, 1.54) is 44.9 Å². The van der Waals surface area contributed by atoms with Crippen LogP contribution in [0.15, 0.2) is 42.7 Å². The molecule has 1 aromatic heterocycles. The van der Waals surface area contributed by atoms with Crippen LogP contribution < -0.4 is 14.6 Å². The molecule has 0 saturated heterocycles. The van der Waals surface area contributed by atoms with Gasteiger partial charge >= 0.3 is 0 Å². The summed E-state index contributed by atoms with van der Waals surface area (Å²) in [5, 5.41) is 3.54. The molecule has 0 aliphatic heterocycles. The first-order chi connectivity index (χ1) is 15.1. The first kappa shape index (κ1) is 25.2. The minimum atomic E-state index is -0.0180. The zero-order chi connectivity index (χ0) is 22.3. The number of benzene rings is 1. The van der Waals surface area contributed by atoms with Crippen molar-refractivity contribution in [2.24, 2.45) is 0 Å². The van der Waals surface area contributed by atoms with Gasteiger partial charge in [-0.1, -0.05) is 69.5 Å². The third-order valence-corrected chi connectivity index (χ3v) is 5.69. The van der Waals surface area contributed by atoms with Crippen LogP contribution in [0.3, 0.4) is 0 Å². The van der Waals surface area contributed by atoms with E-state index < -0.39 is 0 Å². The number of carbonyl (C=O) groups is 1. The predicted octanol–water partition coefficient (Wildman–Crippen LogP) is 6.03. The smallest absolute Gasteiger partial charge is 0.224 e. The molecule has 0 radical (unpaired) electrons. The highest BCUT2D eigenvalue weighted by Crippen LogP contribution is 2.26. The molecule has 1 N–H and O–H groups in total. The van der Waals surface area contributed by atoms with Gasteiger partial charge in [0.15, 0.2) is 12.4 Å². The Hall–Kier alpha value is -2.07. The Bertz CT molecular complexity index is 795. The number of unbranched alkanes of at least 4 members (excludes halogenated alkanes) is 7. The predicted molar refractivity (Wildman–Crippen MR) is 127 cm³/mol. The van der Waals surface area contributed by atoms with E-state index >= 15 is 0 Å². The zero-order valence-corrected chi connectivity index (χ0v) is 19.9. The lowest BCUT2D eigenvalue weighted by atomic mass is 10.1. The summed E-state index contributed by atoms with van der Waals surface area (Å²) in [6.07, 6.45) is 14.6. The van der Waals surface area contributed by atoms with Crippen molar-refractivity contribution in [3.63, 3.8) is 0 Å². The lowest BCUT2D eigenvalue weighted by Gasteiger charge is -2.10. The molecule has 0 aliphatic carbocycles. The summed E-state index contributed by atoms with van der Waals surface area (Å²) in [4.78, 5) is 12.3. The lowest BCUT2D eigenvalue weighted by Crippen LogP contribution is -2.33. The van der Waals surface area contributed by atoms with Crippen molar-refractivity contribution in [1.29, 1.82) is 0 Å². The summed E-state index contributed by atoms with van der Waals surface area (Å²) in [7, 11) is 0. The number of nitrogens with zero attached hydrogens (tertiary/aromatic N) is 1. The van der Waals surface area contributed by atoms with Gasteiger partial charge in [-0.3, -0.25) is 4.79 Å². The number of halogens is 1. The largest absolute Gasteiger partial charge is 0.492 e. The van der Waals surface area contributed by atoms with Gasteiger partial charge < -0.3 is 10.1 Å². The van der Waals surface area contributed by atoms with Gasteiger partial charge in [0.05, 0.1) is 18.1 Å². The molecular formula is C26H38ClN2O2+. The molecule has 1 aromatic carbocycles. The van der Waals surface area contributed by atoms with Gasteiger partial charge in [-0.25, -0.2) is 4.57 Å². The number of aromatic nitrogens is 1. The van der Waals surface area contributed by atoms with E-state index in [0.29, 0.717) is 30.3 Å². The first-order valence-electron chi connectivity index (χ1n) is 11.8. The maximum atomic E-state index is 12.3. The molecule has 1 amide bonds. The van der Waals surface area contributed by atoms with E-state index in [4.69, 9.17) is 16.3 Å². The minimum Gasteiger partial charge on any atom is -0.492 e. The van der Waals surface area contributed by atoms with E-state index in [1.54, 1.807) is 0 Å². The second-order valence-corrected chi connectivity index (χ2v) is 8.49. The Morgan fingerprint density at radius 2 is 1.74 bits per heavy atom. The summed E-state index contributed by atoms with van der Waals surface area (Å²) in [6.45, 7) is 6.45. The van der Waals surface area contributed by atoms with Crippen LogP contribution in [-0.2, 0) is 24.3 Å². The van der Waals surface area contributed by atoms with Crippen LogP contribution in [0, 0.1) is 0 Å². The Labute approximate surface area is 193 Å². The van der Waals surface area contributed by atoms with Gasteiger partial charge in [-0.15, -0.1) is 0 Å². The van der Waals surface area contributed by atoms with Gasteiger partial charge in [0.1, 0.15) is 12.3 Å². The Morgan fingerprint density at radius 1 is 1.00 bits per heavy atom. The summed E-state index contributed by atoms with van der Waals surface area (Å²) in [5.74, 6) is 0.678. The highest BCUT2D eigenvalue weighted by Gasteiger charge is 2.08. The first-order valence-corrected chi connectivity index (χ1v) is 12.2. The molecule has 0 atom stereocenters. The van der Waals surface area contributed by atoms with Crippen LogP contribution in [-0.4, -0.2) is 12.5 Å². The van der Waals surface area contributed by atoms with Crippen molar-refractivity contribution in [3.8, 4) is 5.75 Å². The average Bonchev–Trinajstić information content (AvgIpc) is 2.78. The Morgan fingerprint density at radius 3 is 2.45 bits per heavy atom. The van der Waals surface area contributed by atoms with Crippen LogP contribution in [0.4, 0.5) is 0 Å². The monoisotopic (exact) mass is 445 g/mol. The molecular weight excluding hydrogens is 408 g/mol. The summed E-state index contributed by atoms with van der Waals surface area (Å²) < 4.78 is 7.93. The highest BCUT2D eigenvalue weighted by atomic mass is 35.5. The van der Waals surface area contributed by atoms with Gasteiger partial charge in [-0.2, -0.15) is 0 Å². The SMILES string of the molecule is CCCCCCCCCCOc1ccc(CC(=O)NCc2ccc[n+](CC)c2)cc1Cl. The molecule has 2 rings (SSSR count). The topological polar surface area (TPSA) is 42.2 Å². The molecule has 2 aromatic rings. The molecule has 1 heterocycles. The molecule has 0 spiro atoms. The van der Waals surface area contributed by atoms with E-state index in [0.717, 1.165) is 24.1 Å². The molecule has 5 heteroatoms. The van der Waals surface area contributed by atoms with Crippen LogP contribution in [0.25, 0.3) is 0 Å². The quantitative estimate of drug-likeness (QED) is 0.269. The normalized spacial score (nSPS) is 10.8. The fourth-order valence-electron chi connectivity index (χ4n) is 3.52. The number of ether oxygens (including phenoxy) is 1. The number of amides is 1. The van der Waals surface area contributed by atoms with E-state index in [9.17, 15) is 4.79 Å². The van der Waals surface area contributed by atoms with Crippen LogP contribution in [0.2, 0.25) is 5.02 Å². The van der Waals surface area contributed by atoms with Crippen molar-refractivity contribution in [2.45, 2.75) is 84.7 Å². The average molecular weight is 446 g/mol. The fraction of sp³-hybridized carbons (Fsp3) is 0.538. The number of aryl methyl sites for hydroxylation is 1. The van der Waals surface area contributed by atoms with Gasteiger partial charge in [-0.05, 0) is 37.1 Å².